The van der Waals surface area contributed by atoms with Crippen LogP contribution in [0, 0.1) is 22.2 Å². The van der Waals surface area contributed by atoms with Gasteiger partial charge in [0.15, 0.2) is 0 Å². The van der Waals surface area contributed by atoms with Crippen molar-refractivity contribution in [3.63, 3.8) is 0 Å². The van der Waals surface area contributed by atoms with Gasteiger partial charge in [0.1, 0.15) is 6.61 Å². The van der Waals surface area contributed by atoms with Gasteiger partial charge in [-0.15, -0.1) is 0 Å². The zero-order valence-corrected chi connectivity index (χ0v) is 20.2. The van der Waals surface area contributed by atoms with E-state index in [4.69, 9.17) is 9.47 Å². The molecule has 1 saturated heterocycles. The Labute approximate surface area is 193 Å². The second kappa shape index (κ2) is 7.70. The van der Waals surface area contributed by atoms with Crippen molar-refractivity contribution in [2.45, 2.75) is 84.5 Å². The molecule has 0 amide bonds. The number of nitrogens with one attached hydrogen (secondary N) is 1. The molecule has 5 rings (SSSR count). The summed E-state index contributed by atoms with van der Waals surface area (Å²) < 4.78 is 11.9. The topological polar surface area (TPSA) is 47.6 Å². The molecule has 2 heterocycles. The van der Waals surface area contributed by atoms with E-state index in [1.165, 1.54) is 31.2 Å². The fraction of sp³-hybridized carbons (Fsp3) is 0.679. The van der Waals surface area contributed by atoms with Crippen LogP contribution in [0.4, 0.5) is 0 Å². The summed E-state index contributed by atoms with van der Waals surface area (Å²) >= 11 is 0. The summed E-state index contributed by atoms with van der Waals surface area (Å²) in [7, 11) is 0. The number of cyclic esters (lactones) is 1. The van der Waals surface area contributed by atoms with Crippen molar-refractivity contribution in [1.82, 2.24) is 5.32 Å². The minimum Gasteiger partial charge on any atom is -0.458 e. The molecule has 0 radical (unpaired) electrons. The van der Waals surface area contributed by atoms with E-state index in [2.05, 4.69) is 63.3 Å². The maximum absolute atomic E-state index is 12.3. The van der Waals surface area contributed by atoms with Crippen molar-refractivity contribution in [3.05, 3.63) is 47.5 Å². The Kier molecular flexibility index (Phi) is 5.33. The van der Waals surface area contributed by atoms with Gasteiger partial charge in [0.25, 0.3) is 0 Å². The van der Waals surface area contributed by atoms with Crippen LogP contribution in [-0.4, -0.2) is 30.8 Å². The summed E-state index contributed by atoms with van der Waals surface area (Å²) in [6, 6.07) is 10.7. The number of carbonyl (C=O) groups excluding carboxylic acids is 1. The smallest absolute Gasteiger partial charge is 0.336 e. The van der Waals surface area contributed by atoms with E-state index in [-0.39, 0.29) is 33.9 Å². The van der Waals surface area contributed by atoms with E-state index in [1.807, 2.05) is 6.08 Å². The zero-order chi connectivity index (χ0) is 22.6. The number of benzene rings is 1. The predicted octanol–water partition coefficient (Wildman–Crippen LogP) is 5.42. The molecule has 0 bridgehead atoms. The summed E-state index contributed by atoms with van der Waals surface area (Å²) in [5, 5.41) is 3.81. The van der Waals surface area contributed by atoms with Crippen LogP contribution in [0.2, 0.25) is 0 Å². The molecule has 1 aromatic carbocycles. The molecule has 0 unspecified atom stereocenters. The average molecular weight is 438 g/mol. The Bertz CT molecular complexity index is 913. The Morgan fingerprint density at radius 2 is 1.81 bits per heavy atom. The Morgan fingerprint density at radius 1 is 1.03 bits per heavy atom. The number of hydrogen-bond donors (Lipinski definition) is 1. The summed E-state index contributed by atoms with van der Waals surface area (Å²) in [6.45, 7) is 12.3. The second-order valence-corrected chi connectivity index (χ2v) is 11.7. The zero-order valence-electron chi connectivity index (χ0n) is 20.2. The van der Waals surface area contributed by atoms with Crippen LogP contribution >= 0.6 is 0 Å². The molecule has 4 nitrogen and oxygen atoms in total. The summed E-state index contributed by atoms with van der Waals surface area (Å²) in [4.78, 5) is 12.3. The van der Waals surface area contributed by atoms with Gasteiger partial charge in [-0.1, -0.05) is 57.5 Å². The minimum atomic E-state index is -0.177. The van der Waals surface area contributed by atoms with E-state index < -0.39 is 0 Å². The van der Waals surface area contributed by atoms with E-state index in [0.717, 1.165) is 31.5 Å². The fourth-order valence-corrected chi connectivity index (χ4v) is 8.01. The molecule has 4 heteroatoms. The molecule has 3 fully saturated rings. The van der Waals surface area contributed by atoms with Crippen LogP contribution in [-0.2, 0) is 20.8 Å². The number of hydrogen-bond acceptors (Lipinski definition) is 4. The lowest BCUT2D eigenvalue weighted by Crippen LogP contribution is -2.64. The summed E-state index contributed by atoms with van der Waals surface area (Å²) in [5.74, 6) is 0.283. The largest absolute Gasteiger partial charge is 0.458 e. The van der Waals surface area contributed by atoms with Gasteiger partial charge in [-0.2, -0.15) is 0 Å². The van der Waals surface area contributed by atoms with Gasteiger partial charge >= 0.3 is 5.97 Å². The van der Waals surface area contributed by atoms with Crippen LogP contribution in [0.5, 0.6) is 0 Å². The molecule has 0 spiro atoms. The normalized spacial score (nSPS) is 43.4. The van der Waals surface area contributed by atoms with Crippen molar-refractivity contribution in [2.24, 2.45) is 22.2 Å². The average Bonchev–Trinajstić information content (AvgIpc) is 3.35. The molecule has 6 atom stereocenters. The monoisotopic (exact) mass is 437 g/mol. The van der Waals surface area contributed by atoms with Gasteiger partial charge in [0.2, 0.25) is 0 Å². The molecule has 1 N–H and O–H groups in total. The highest BCUT2D eigenvalue weighted by molar-refractivity contribution is 5.91. The Morgan fingerprint density at radius 3 is 2.53 bits per heavy atom. The summed E-state index contributed by atoms with van der Waals surface area (Å²) in [6.07, 6.45) is 8.79. The lowest BCUT2D eigenvalue weighted by molar-refractivity contribution is -0.206. The number of esters is 1. The first-order valence-corrected chi connectivity index (χ1v) is 12.5. The first-order chi connectivity index (χ1) is 15.2. The molecule has 2 aliphatic heterocycles. The summed E-state index contributed by atoms with van der Waals surface area (Å²) in [5.41, 5.74) is 2.61. The van der Waals surface area contributed by atoms with Gasteiger partial charge < -0.3 is 14.8 Å². The molecular weight excluding hydrogens is 398 g/mol. The Hall–Kier alpha value is -1.65. The van der Waals surface area contributed by atoms with Crippen LogP contribution < -0.4 is 5.32 Å². The molecule has 174 valence electrons. The van der Waals surface area contributed by atoms with Crippen molar-refractivity contribution >= 4 is 5.97 Å². The van der Waals surface area contributed by atoms with E-state index in [9.17, 15) is 4.79 Å². The molecule has 0 aromatic heterocycles. The molecule has 2 saturated carbocycles. The van der Waals surface area contributed by atoms with E-state index >= 15 is 0 Å². The molecule has 2 aliphatic carbocycles. The van der Waals surface area contributed by atoms with Gasteiger partial charge in [0.05, 0.1) is 17.3 Å². The number of ether oxygens (including phenoxy) is 2. The second-order valence-electron chi connectivity index (χ2n) is 11.7. The van der Waals surface area contributed by atoms with Gasteiger partial charge in [0, 0.05) is 13.1 Å². The quantitative estimate of drug-likeness (QED) is 0.625. The van der Waals surface area contributed by atoms with Crippen molar-refractivity contribution in [2.75, 3.05) is 13.2 Å². The van der Waals surface area contributed by atoms with Gasteiger partial charge in [-0.3, -0.25) is 0 Å². The predicted molar refractivity (Wildman–Crippen MR) is 126 cm³/mol. The lowest BCUT2D eigenvalue weighted by atomic mass is 9.38. The number of rotatable bonds is 5. The highest BCUT2D eigenvalue weighted by Crippen LogP contribution is 2.72. The van der Waals surface area contributed by atoms with Crippen LogP contribution in [0.3, 0.4) is 0 Å². The number of carbonyl (C=O) groups is 1. The fourth-order valence-electron chi connectivity index (χ4n) is 8.01. The standard InChI is InChI=1S/C28H39NO3/c1-25(19-29-18-20-9-6-5-7-10-20)12-8-13-26(2)23-17-22(21-11-16-31-24(21)30)32-27(23,3)14-15-28(25,26)4/h5-7,9-11,22-23,29H,8,12-19H2,1-4H3/t22-,23-,25-,26-,27+,28+/m0/s1. The van der Waals surface area contributed by atoms with Crippen molar-refractivity contribution in [1.29, 1.82) is 0 Å². The SMILES string of the molecule is C[C@@]1(CNCc2ccccc2)CCC[C@@]2(C)[C@@H]3C[C@@H](C4=CCOC4=O)O[C@]3(C)CC[C@]12C. The third-order valence-electron chi connectivity index (χ3n) is 10.3. The van der Waals surface area contributed by atoms with Crippen LogP contribution in [0.25, 0.3) is 0 Å². The first-order valence-electron chi connectivity index (χ1n) is 12.5. The van der Waals surface area contributed by atoms with Crippen molar-refractivity contribution in [3.8, 4) is 0 Å². The van der Waals surface area contributed by atoms with Crippen LogP contribution in [0.15, 0.2) is 42.0 Å². The molecule has 4 aliphatic rings. The van der Waals surface area contributed by atoms with Crippen molar-refractivity contribution < 1.29 is 14.3 Å². The molecule has 32 heavy (non-hydrogen) atoms. The third-order valence-corrected chi connectivity index (χ3v) is 10.3. The Balaban J connectivity index is 1.38. The van der Waals surface area contributed by atoms with Gasteiger partial charge in [-0.05, 0) is 72.8 Å². The van der Waals surface area contributed by atoms with E-state index in [1.54, 1.807) is 0 Å². The maximum atomic E-state index is 12.3. The highest BCUT2D eigenvalue weighted by atomic mass is 16.5. The first kappa shape index (κ1) is 22.2. The maximum Gasteiger partial charge on any atom is 0.336 e. The molecule has 1 aromatic rings. The molecular formula is C28H39NO3. The number of fused-ring (bicyclic) bond motifs is 3. The minimum absolute atomic E-state index is 0.108. The van der Waals surface area contributed by atoms with Gasteiger partial charge in [-0.25, -0.2) is 4.79 Å². The van der Waals surface area contributed by atoms with Crippen LogP contribution in [0.1, 0.15) is 71.8 Å². The highest BCUT2D eigenvalue weighted by Gasteiger charge is 2.68. The lowest BCUT2D eigenvalue weighted by Gasteiger charge is -2.67. The third kappa shape index (κ3) is 3.20. The van der Waals surface area contributed by atoms with E-state index in [0.29, 0.717) is 12.5 Å².